The number of rotatable bonds is 5. The third-order valence-corrected chi connectivity index (χ3v) is 5.43. The summed E-state index contributed by atoms with van der Waals surface area (Å²) < 4.78 is 12.5. The number of fused-ring (bicyclic) bond motifs is 1. The molecule has 0 atom stereocenters. The van der Waals surface area contributed by atoms with E-state index in [2.05, 4.69) is 15.9 Å². The molecule has 0 amide bonds. The molecule has 0 saturated carbocycles. The molecule has 4 nitrogen and oxygen atoms in total. The molecule has 1 heterocycles. The van der Waals surface area contributed by atoms with Crippen LogP contribution in [-0.2, 0) is 0 Å². The Morgan fingerprint density at radius 1 is 1.07 bits per heavy atom. The van der Waals surface area contributed by atoms with E-state index in [1.165, 1.54) is 0 Å². The van der Waals surface area contributed by atoms with Crippen molar-refractivity contribution in [1.29, 1.82) is 0 Å². The van der Waals surface area contributed by atoms with Crippen LogP contribution in [0.25, 0.3) is 6.08 Å². The largest absolute Gasteiger partial charge is 0.485 e. The minimum atomic E-state index is -0.160. The third-order valence-electron chi connectivity index (χ3n) is 4.90. The van der Waals surface area contributed by atoms with E-state index in [1.807, 2.05) is 50.2 Å². The first kappa shape index (κ1) is 20.1. The van der Waals surface area contributed by atoms with Crippen molar-refractivity contribution in [2.75, 3.05) is 6.61 Å². The molecule has 0 bridgehead atoms. The van der Waals surface area contributed by atoms with E-state index in [9.17, 15) is 9.59 Å². The van der Waals surface area contributed by atoms with Gasteiger partial charge in [0.15, 0.2) is 18.1 Å². The lowest BCUT2D eigenvalue weighted by Gasteiger charge is -2.11. The second-order valence-electron chi connectivity index (χ2n) is 7.14. The van der Waals surface area contributed by atoms with Crippen molar-refractivity contribution in [1.82, 2.24) is 0 Å². The van der Waals surface area contributed by atoms with E-state index >= 15 is 0 Å². The normalized spacial score (nSPS) is 13.8. The Morgan fingerprint density at radius 3 is 2.57 bits per heavy atom. The van der Waals surface area contributed by atoms with Gasteiger partial charge in [0, 0.05) is 15.6 Å². The molecule has 0 aromatic heterocycles. The van der Waals surface area contributed by atoms with Gasteiger partial charge < -0.3 is 9.47 Å². The zero-order valence-electron chi connectivity index (χ0n) is 16.6. The molecule has 0 fully saturated rings. The molecule has 0 radical (unpaired) electrons. The fourth-order valence-electron chi connectivity index (χ4n) is 3.30. The quantitative estimate of drug-likeness (QED) is 0.347. The van der Waals surface area contributed by atoms with Crippen LogP contribution in [-0.4, -0.2) is 18.2 Å². The molecule has 0 N–H and O–H groups in total. The van der Waals surface area contributed by atoms with E-state index < -0.39 is 0 Å². The van der Waals surface area contributed by atoms with Crippen molar-refractivity contribution in [3.05, 3.63) is 98.7 Å². The van der Waals surface area contributed by atoms with Crippen LogP contribution >= 0.6 is 15.9 Å². The van der Waals surface area contributed by atoms with Gasteiger partial charge in [0.05, 0.1) is 5.56 Å². The highest BCUT2D eigenvalue weighted by Gasteiger charge is 2.30. The summed E-state index contributed by atoms with van der Waals surface area (Å²) in [6.45, 7) is 3.72. The number of carbonyl (C=O) groups excluding carboxylic acids is 2. The second-order valence-corrected chi connectivity index (χ2v) is 8.05. The lowest BCUT2D eigenvalue weighted by atomic mass is 10.1. The zero-order chi connectivity index (χ0) is 21.3. The minimum absolute atomic E-state index is 0.0960. The van der Waals surface area contributed by atoms with E-state index in [0.29, 0.717) is 28.2 Å². The summed E-state index contributed by atoms with van der Waals surface area (Å²) in [5.41, 5.74) is 3.77. The first-order valence-corrected chi connectivity index (χ1v) is 10.3. The number of ketones is 2. The molecule has 0 aliphatic carbocycles. The first-order chi connectivity index (χ1) is 14.4. The molecular weight excluding hydrogens is 444 g/mol. The molecule has 0 saturated heterocycles. The Morgan fingerprint density at radius 2 is 1.83 bits per heavy atom. The average molecular weight is 463 g/mol. The molecule has 4 rings (SSSR count). The van der Waals surface area contributed by atoms with Gasteiger partial charge in [-0.2, -0.15) is 0 Å². The predicted octanol–water partition coefficient (Wildman–Crippen LogP) is 5.94. The fourth-order valence-corrected chi connectivity index (χ4v) is 3.56. The Hall–Kier alpha value is -3.18. The maximum absolute atomic E-state index is 12.7. The predicted molar refractivity (Wildman–Crippen MR) is 119 cm³/mol. The maximum atomic E-state index is 12.7. The molecule has 30 heavy (non-hydrogen) atoms. The van der Waals surface area contributed by atoms with Crippen LogP contribution in [0.15, 0.2) is 70.9 Å². The van der Waals surface area contributed by atoms with Gasteiger partial charge >= 0.3 is 0 Å². The van der Waals surface area contributed by atoms with Gasteiger partial charge in [0.25, 0.3) is 0 Å². The lowest BCUT2D eigenvalue weighted by molar-refractivity contribution is 0.0920. The molecule has 5 heteroatoms. The van der Waals surface area contributed by atoms with Crippen LogP contribution in [0.2, 0.25) is 0 Å². The molecule has 0 spiro atoms. The Kier molecular flexibility index (Phi) is 5.55. The summed E-state index contributed by atoms with van der Waals surface area (Å²) in [7, 11) is 0. The second kappa shape index (κ2) is 8.28. The summed E-state index contributed by atoms with van der Waals surface area (Å²) in [6.07, 6.45) is 1.74. The van der Waals surface area contributed by atoms with Gasteiger partial charge in [-0.1, -0.05) is 57.9 Å². The van der Waals surface area contributed by atoms with Crippen LogP contribution < -0.4 is 9.47 Å². The van der Waals surface area contributed by atoms with E-state index in [0.717, 1.165) is 15.6 Å². The van der Waals surface area contributed by atoms with Gasteiger partial charge in [-0.3, -0.25) is 9.59 Å². The highest BCUT2D eigenvalue weighted by molar-refractivity contribution is 9.10. The first-order valence-electron chi connectivity index (χ1n) is 9.48. The molecule has 3 aromatic rings. The van der Waals surface area contributed by atoms with Crippen molar-refractivity contribution in [2.45, 2.75) is 13.8 Å². The topological polar surface area (TPSA) is 52.6 Å². The van der Waals surface area contributed by atoms with Crippen LogP contribution in [0.5, 0.6) is 11.5 Å². The van der Waals surface area contributed by atoms with Crippen LogP contribution in [0.4, 0.5) is 0 Å². The lowest BCUT2D eigenvalue weighted by Crippen LogP contribution is -2.12. The number of hydrogen-bond donors (Lipinski definition) is 0. The maximum Gasteiger partial charge on any atom is 0.231 e. The van der Waals surface area contributed by atoms with Crippen molar-refractivity contribution in [3.8, 4) is 11.5 Å². The molecule has 0 unspecified atom stereocenters. The van der Waals surface area contributed by atoms with Gasteiger partial charge in [-0.15, -0.1) is 0 Å². The molecule has 150 valence electrons. The summed E-state index contributed by atoms with van der Waals surface area (Å²) in [5.74, 6) is 0.990. The van der Waals surface area contributed by atoms with Gasteiger partial charge in [-0.25, -0.2) is 0 Å². The summed E-state index contributed by atoms with van der Waals surface area (Å²) >= 11 is 3.35. The summed E-state index contributed by atoms with van der Waals surface area (Å²) in [5, 5.41) is 0. The Labute approximate surface area is 183 Å². The highest BCUT2D eigenvalue weighted by atomic mass is 79.9. The number of hydrogen-bond acceptors (Lipinski definition) is 4. The van der Waals surface area contributed by atoms with Crippen LogP contribution in [0.3, 0.4) is 0 Å². The smallest absolute Gasteiger partial charge is 0.231 e. The fraction of sp³-hybridized carbons (Fsp3) is 0.120. The third kappa shape index (κ3) is 4.07. The van der Waals surface area contributed by atoms with Crippen molar-refractivity contribution in [2.24, 2.45) is 0 Å². The number of benzene rings is 3. The standard InChI is InChI=1S/C25H19BrO4/c1-15-4-3-5-17(12-15)13-23-24(28)20-10-11-22(16(2)25(20)30-23)29-14-21(27)18-6-8-19(26)9-7-18/h3-13H,14H2,1-2H3/b23-13-. The van der Waals surface area contributed by atoms with Crippen LogP contribution in [0.1, 0.15) is 37.4 Å². The SMILES string of the molecule is Cc1cccc(/C=C2\Oc3c(ccc(OCC(=O)c4ccc(Br)cc4)c3C)C2=O)c1. The Bertz CT molecular complexity index is 1180. The minimum Gasteiger partial charge on any atom is -0.485 e. The number of halogens is 1. The van der Waals surface area contributed by atoms with Crippen molar-refractivity contribution in [3.63, 3.8) is 0 Å². The highest BCUT2D eigenvalue weighted by Crippen LogP contribution is 2.39. The van der Waals surface area contributed by atoms with Crippen LogP contribution in [0, 0.1) is 13.8 Å². The molecular formula is C25H19BrO4. The molecule has 1 aliphatic rings. The van der Waals surface area contributed by atoms with E-state index in [4.69, 9.17) is 9.47 Å². The number of ether oxygens (including phenoxy) is 2. The van der Waals surface area contributed by atoms with E-state index in [-0.39, 0.29) is 23.9 Å². The monoisotopic (exact) mass is 462 g/mol. The van der Waals surface area contributed by atoms with Gasteiger partial charge in [0.2, 0.25) is 5.78 Å². The number of aryl methyl sites for hydroxylation is 1. The molecule has 3 aromatic carbocycles. The average Bonchev–Trinajstić information content (AvgIpc) is 3.04. The molecule has 1 aliphatic heterocycles. The van der Waals surface area contributed by atoms with Crippen molar-refractivity contribution >= 4 is 33.6 Å². The summed E-state index contributed by atoms with van der Waals surface area (Å²) in [4.78, 5) is 25.1. The van der Waals surface area contributed by atoms with E-state index in [1.54, 1.807) is 30.3 Å². The number of carbonyl (C=O) groups is 2. The van der Waals surface area contributed by atoms with Crippen molar-refractivity contribution < 1.29 is 19.1 Å². The van der Waals surface area contributed by atoms with Gasteiger partial charge in [-0.05, 0) is 49.8 Å². The van der Waals surface area contributed by atoms with Gasteiger partial charge in [0.1, 0.15) is 11.5 Å². The Balaban J connectivity index is 1.53. The summed E-state index contributed by atoms with van der Waals surface area (Å²) in [6, 6.07) is 18.4. The number of allylic oxidation sites excluding steroid dienone is 1. The zero-order valence-corrected chi connectivity index (χ0v) is 18.2. The number of Topliss-reactive ketones (excluding diaryl/α,β-unsaturated/α-hetero) is 2.